The molecule has 4 nitrogen and oxygen atoms in total. The second kappa shape index (κ2) is 6.66. The summed E-state index contributed by atoms with van der Waals surface area (Å²) in [5, 5.41) is 3.48. The van der Waals surface area contributed by atoms with E-state index in [0.29, 0.717) is 11.9 Å². The maximum atomic E-state index is 13.3. The average molecular weight is 293 g/mol. The Kier molecular flexibility index (Phi) is 4.85. The Hall–Kier alpha value is -0.610. The van der Waals surface area contributed by atoms with Gasteiger partial charge in [-0.1, -0.05) is 13.3 Å². The second-order valence-electron chi connectivity index (χ2n) is 7.25. The zero-order chi connectivity index (χ0) is 14.7. The molecule has 0 aliphatic carbocycles. The molecule has 0 saturated carbocycles. The van der Waals surface area contributed by atoms with Crippen LogP contribution in [-0.4, -0.2) is 61.0 Å². The van der Waals surface area contributed by atoms with Gasteiger partial charge >= 0.3 is 0 Å². The number of carbonyl (C=O) groups excluding carboxylic acids is 1. The molecule has 3 aliphatic heterocycles. The van der Waals surface area contributed by atoms with E-state index in [4.69, 9.17) is 0 Å². The van der Waals surface area contributed by atoms with Crippen LogP contribution >= 0.6 is 0 Å². The van der Waals surface area contributed by atoms with Crippen LogP contribution in [0.4, 0.5) is 0 Å². The summed E-state index contributed by atoms with van der Waals surface area (Å²) in [5.41, 5.74) is -0.110. The molecule has 2 atom stereocenters. The van der Waals surface area contributed by atoms with E-state index in [1.807, 2.05) is 0 Å². The fraction of sp³-hybridized carbons (Fsp3) is 0.941. The van der Waals surface area contributed by atoms with Crippen molar-refractivity contribution in [2.45, 2.75) is 57.9 Å². The molecule has 0 aromatic carbocycles. The first-order valence-electron chi connectivity index (χ1n) is 8.99. The fourth-order valence-electron chi connectivity index (χ4n) is 4.68. The van der Waals surface area contributed by atoms with Gasteiger partial charge in [-0.15, -0.1) is 0 Å². The van der Waals surface area contributed by atoms with Crippen LogP contribution in [-0.2, 0) is 4.79 Å². The standard InChI is InChI=1S/C17H31N3O/c1-2-7-17(8-4-9-18-14-17)16(21)20-12-5-11-19-10-3-6-15(19)13-20/h15,18H,2-14H2,1H3. The van der Waals surface area contributed by atoms with Gasteiger partial charge in [0.05, 0.1) is 5.41 Å². The van der Waals surface area contributed by atoms with Crippen molar-refractivity contribution in [3.63, 3.8) is 0 Å². The molecule has 2 unspecified atom stereocenters. The third-order valence-electron chi connectivity index (χ3n) is 5.75. The SMILES string of the molecule is CCCC1(C(=O)N2CCCN3CCCC3C2)CCCNC1. The van der Waals surface area contributed by atoms with Gasteiger partial charge in [0.15, 0.2) is 0 Å². The summed E-state index contributed by atoms with van der Waals surface area (Å²) < 4.78 is 0. The quantitative estimate of drug-likeness (QED) is 0.862. The maximum absolute atomic E-state index is 13.3. The monoisotopic (exact) mass is 293 g/mol. The van der Waals surface area contributed by atoms with E-state index >= 15 is 0 Å². The number of carbonyl (C=O) groups is 1. The Morgan fingerprint density at radius 3 is 2.86 bits per heavy atom. The van der Waals surface area contributed by atoms with Crippen LogP contribution in [0.25, 0.3) is 0 Å². The number of rotatable bonds is 3. The van der Waals surface area contributed by atoms with Crippen molar-refractivity contribution in [1.29, 1.82) is 0 Å². The van der Waals surface area contributed by atoms with Crippen molar-refractivity contribution in [2.24, 2.45) is 5.41 Å². The van der Waals surface area contributed by atoms with Crippen LogP contribution in [0.3, 0.4) is 0 Å². The van der Waals surface area contributed by atoms with Gasteiger partial charge in [-0.05, 0) is 51.6 Å². The number of nitrogens with one attached hydrogen (secondary N) is 1. The van der Waals surface area contributed by atoms with Gasteiger partial charge in [0.1, 0.15) is 0 Å². The lowest BCUT2D eigenvalue weighted by Crippen LogP contribution is -2.53. The Balaban J connectivity index is 1.72. The highest BCUT2D eigenvalue weighted by Crippen LogP contribution is 2.35. The lowest BCUT2D eigenvalue weighted by Gasteiger charge is -2.40. The second-order valence-corrected chi connectivity index (χ2v) is 7.25. The van der Waals surface area contributed by atoms with E-state index in [2.05, 4.69) is 22.0 Å². The van der Waals surface area contributed by atoms with Gasteiger partial charge in [0, 0.05) is 32.2 Å². The average Bonchev–Trinajstić information content (AvgIpc) is 2.85. The minimum atomic E-state index is -0.110. The van der Waals surface area contributed by atoms with Crippen molar-refractivity contribution in [1.82, 2.24) is 15.1 Å². The molecule has 3 heterocycles. The van der Waals surface area contributed by atoms with Crippen LogP contribution in [0.15, 0.2) is 0 Å². The summed E-state index contributed by atoms with van der Waals surface area (Å²) in [6, 6.07) is 0.631. The van der Waals surface area contributed by atoms with Crippen LogP contribution in [0.1, 0.15) is 51.9 Å². The van der Waals surface area contributed by atoms with E-state index in [0.717, 1.165) is 58.3 Å². The highest BCUT2D eigenvalue weighted by atomic mass is 16.2. The molecular weight excluding hydrogens is 262 g/mol. The summed E-state index contributed by atoms with van der Waals surface area (Å²) in [4.78, 5) is 18.1. The number of hydrogen-bond donors (Lipinski definition) is 1. The lowest BCUT2D eigenvalue weighted by atomic mass is 9.75. The molecule has 120 valence electrons. The van der Waals surface area contributed by atoms with Crippen molar-refractivity contribution >= 4 is 5.91 Å². The van der Waals surface area contributed by atoms with Crippen LogP contribution < -0.4 is 5.32 Å². The highest BCUT2D eigenvalue weighted by Gasteiger charge is 2.42. The maximum Gasteiger partial charge on any atom is 0.230 e. The molecule has 1 amide bonds. The Morgan fingerprint density at radius 2 is 2.10 bits per heavy atom. The topological polar surface area (TPSA) is 35.6 Å². The first-order chi connectivity index (χ1) is 10.2. The largest absolute Gasteiger partial charge is 0.341 e. The van der Waals surface area contributed by atoms with Crippen molar-refractivity contribution in [2.75, 3.05) is 39.3 Å². The summed E-state index contributed by atoms with van der Waals surface area (Å²) in [6.07, 6.45) is 8.13. The molecule has 3 aliphatic rings. The van der Waals surface area contributed by atoms with Crippen LogP contribution in [0.5, 0.6) is 0 Å². The molecule has 0 aromatic rings. The molecule has 21 heavy (non-hydrogen) atoms. The van der Waals surface area contributed by atoms with Gasteiger partial charge in [-0.25, -0.2) is 0 Å². The Bertz CT molecular complexity index is 360. The molecule has 3 rings (SSSR count). The van der Waals surface area contributed by atoms with E-state index < -0.39 is 0 Å². The minimum absolute atomic E-state index is 0.110. The number of hydrogen-bond acceptors (Lipinski definition) is 3. The summed E-state index contributed by atoms with van der Waals surface area (Å²) >= 11 is 0. The summed E-state index contributed by atoms with van der Waals surface area (Å²) in [5.74, 6) is 0.449. The normalized spacial score (nSPS) is 34.5. The zero-order valence-electron chi connectivity index (χ0n) is 13.6. The minimum Gasteiger partial charge on any atom is -0.341 e. The molecule has 0 bridgehead atoms. The molecule has 3 saturated heterocycles. The van der Waals surface area contributed by atoms with E-state index in [1.54, 1.807) is 0 Å². The third-order valence-corrected chi connectivity index (χ3v) is 5.75. The van der Waals surface area contributed by atoms with Gasteiger partial charge in [0.2, 0.25) is 5.91 Å². The molecule has 4 heteroatoms. The van der Waals surface area contributed by atoms with Crippen molar-refractivity contribution in [3.8, 4) is 0 Å². The Morgan fingerprint density at radius 1 is 1.24 bits per heavy atom. The predicted octanol–water partition coefficient (Wildman–Crippen LogP) is 1.85. The molecule has 0 aromatic heterocycles. The molecule has 0 spiro atoms. The van der Waals surface area contributed by atoms with Gasteiger partial charge in [-0.3, -0.25) is 9.69 Å². The van der Waals surface area contributed by atoms with Gasteiger partial charge < -0.3 is 10.2 Å². The van der Waals surface area contributed by atoms with E-state index in [9.17, 15) is 4.79 Å². The first kappa shape index (κ1) is 15.3. The number of piperidine rings is 1. The predicted molar refractivity (Wildman–Crippen MR) is 85.2 cm³/mol. The van der Waals surface area contributed by atoms with E-state index in [-0.39, 0.29) is 5.41 Å². The number of fused-ring (bicyclic) bond motifs is 1. The van der Waals surface area contributed by atoms with Crippen molar-refractivity contribution in [3.05, 3.63) is 0 Å². The van der Waals surface area contributed by atoms with Gasteiger partial charge in [0.25, 0.3) is 0 Å². The molecule has 1 N–H and O–H groups in total. The highest BCUT2D eigenvalue weighted by molar-refractivity contribution is 5.83. The zero-order valence-corrected chi connectivity index (χ0v) is 13.6. The number of amides is 1. The van der Waals surface area contributed by atoms with Gasteiger partial charge in [-0.2, -0.15) is 0 Å². The fourth-order valence-corrected chi connectivity index (χ4v) is 4.68. The lowest BCUT2D eigenvalue weighted by molar-refractivity contribution is -0.144. The van der Waals surface area contributed by atoms with E-state index in [1.165, 1.54) is 25.9 Å². The number of nitrogens with zero attached hydrogens (tertiary/aromatic N) is 2. The summed E-state index contributed by atoms with van der Waals surface area (Å²) in [6.45, 7) is 8.56. The Labute approximate surface area is 129 Å². The molecule has 0 radical (unpaired) electrons. The molecular formula is C17H31N3O. The third kappa shape index (κ3) is 3.11. The molecule has 3 fully saturated rings. The van der Waals surface area contributed by atoms with Crippen LogP contribution in [0.2, 0.25) is 0 Å². The smallest absolute Gasteiger partial charge is 0.230 e. The summed E-state index contributed by atoms with van der Waals surface area (Å²) in [7, 11) is 0. The van der Waals surface area contributed by atoms with Crippen LogP contribution in [0, 0.1) is 5.41 Å². The van der Waals surface area contributed by atoms with Crippen molar-refractivity contribution < 1.29 is 4.79 Å². The first-order valence-corrected chi connectivity index (χ1v) is 8.99.